The predicted molar refractivity (Wildman–Crippen MR) is 73.4 cm³/mol. The molecule has 1 aliphatic rings. The number of pyridine rings is 1. The average molecular weight is 256 g/mol. The molecule has 1 amide bonds. The quantitative estimate of drug-likeness (QED) is 0.829. The third-order valence-electron chi connectivity index (χ3n) is 3.51. The minimum absolute atomic E-state index is 0.0372. The van der Waals surface area contributed by atoms with Gasteiger partial charge in [-0.05, 0) is 37.1 Å². The Morgan fingerprint density at radius 2 is 2.00 bits per heavy atom. The number of nitrogens with zero attached hydrogens (tertiary/aromatic N) is 2. The summed E-state index contributed by atoms with van der Waals surface area (Å²) in [5.41, 5.74) is 1.35. The molecular formula is C15H16N2O2. The van der Waals surface area contributed by atoms with Crippen molar-refractivity contribution in [2.24, 2.45) is 0 Å². The van der Waals surface area contributed by atoms with E-state index in [0.717, 1.165) is 42.6 Å². The minimum atomic E-state index is 0.0372. The molecule has 0 saturated carbocycles. The van der Waals surface area contributed by atoms with Gasteiger partial charge in [0, 0.05) is 18.5 Å². The Hall–Kier alpha value is -2.10. The van der Waals surface area contributed by atoms with Gasteiger partial charge in [-0.25, -0.2) is 4.98 Å². The van der Waals surface area contributed by atoms with Crippen molar-refractivity contribution in [1.29, 1.82) is 0 Å². The Bertz CT molecular complexity index is 619. The zero-order chi connectivity index (χ0) is 13.2. The summed E-state index contributed by atoms with van der Waals surface area (Å²) in [5.74, 6) is 0.836. The van der Waals surface area contributed by atoms with Crippen molar-refractivity contribution in [1.82, 2.24) is 9.88 Å². The lowest BCUT2D eigenvalue weighted by molar-refractivity contribution is 0.0787. The first kappa shape index (κ1) is 12.0. The Morgan fingerprint density at radius 3 is 2.74 bits per heavy atom. The summed E-state index contributed by atoms with van der Waals surface area (Å²) in [6.07, 6.45) is 2.19. The number of fused-ring (bicyclic) bond motifs is 1. The maximum absolute atomic E-state index is 12.3. The zero-order valence-electron chi connectivity index (χ0n) is 10.9. The minimum Gasteiger partial charge on any atom is -0.497 e. The molecule has 2 heterocycles. The molecule has 19 heavy (non-hydrogen) atoms. The molecule has 0 spiro atoms. The van der Waals surface area contributed by atoms with Crippen LogP contribution in [0.1, 0.15) is 23.3 Å². The number of aromatic nitrogens is 1. The van der Waals surface area contributed by atoms with E-state index in [-0.39, 0.29) is 5.91 Å². The fourth-order valence-electron chi connectivity index (χ4n) is 2.43. The molecular weight excluding hydrogens is 240 g/mol. The van der Waals surface area contributed by atoms with Crippen molar-refractivity contribution in [2.45, 2.75) is 12.8 Å². The number of hydrogen-bond donors (Lipinski definition) is 0. The van der Waals surface area contributed by atoms with E-state index >= 15 is 0 Å². The van der Waals surface area contributed by atoms with Gasteiger partial charge in [0.2, 0.25) is 0 Å². The van der Waals surface area contributed by atoms with Crippen LogP contribution in [0.3, 0.4) is 0 Å². The highest BCUT2D eigenvalue weighted by Gasteiger charge is 2.20. The van der Waals surface area contributed by atoms with E-state index in [1.807, 2.05) is 29.2 Å². The lowest BCUT2D eigenvalue weighted by Gasteiger charge is -2.14. The first-order valence-corrected chi connectivity index (χ1v) is 6.52. The molecule has 0 unspecified atom stereocenters. The van der Waals surface area contributed by atoms with E-state index in [2.05, 4.69) is 4.98 Å². The van der Waals surface area contributed by atoms with Crippen molar-refractivity contribution in [3.05, 3.63) is 36.0 Å². The highest BCUT2D eigenvalue weighted by molar-refractivity contribution is 5.95. The van der Waals surface area contributed by atoms with E-state index < -0.39 is 0 Å². The Kier molecular flexibility index (Phi) is 3.07. The highest BCUT2D eigenvalue weighted by Crippen LogP contribution is 2.20. The van der Waals surface area contributed by atoms with Crippen molar-refractivity contribution in [3.63, 3.8) is 0 Å². The molecule has 2 aromatic rings. The van der Waals surface area contributed by atoms with E-state index in [1.54, 1.807) is 13.2 Å². The van der Waals surface area contributed by atoms with Gasteiger partial charge in [-0.3, -0.25) is 4.79 Å². The SMILES string of the molecule is COc1ccc2nc(C(=O)N3CCCC3)ccc2c1. The van der Waals surface area contributed by atoms with Crippen molar-refractivity contribution >= 4 is 16.8 Å². The first-order valence-electron chi connectivity index (χ1n) is 6.52. The third-order valence-corrected chi connectivity index (χ3v) is 3.51. The van der Waals surface area contributed by atoms with Gasteiger partial charge in [0.15, 0.2) is 0 Å². The number of rotatable bonds is 2. The van der Waals surface area contributed by atoms with Gasteiger partial charge in [-0.15, -0.1) is 0 Å². The van der Waals surface area contributed by atoms with Crippen LogP contribution < -0.4 is 4.74 Å². The van der Waals surface area contributed by atoms with Crippen LogP contribution in [0.25, 0.3) is 10.9 Å². The van der Waals surface area contributed by atoms with Gasteiger partial charge < -0.3 is 9.64 Å². The van der Waals surface area contributed by atoms with Crippen LogP contribution in [-0.2, 0) is 0 Å². The van der Waals surface area contributed by atoms with Crippen LogP contribution in [0.4, 0.5) is 0 Å². The Balaban J connectivity index is 1.95. The van der Waals surface area contributed by atoms with E-state index in [0.29, 0.717) is 5.69 Å². The molecule has 1 aromatic heterocycles. The van der Waals surface area contributed by atoms with Crippen LogP contribution in [0.2, 0.25) is 0 Å². The lowest BCUT2D eigenvalue weighted by Crippen LogP contribution is -2.28. The van der Waals surface area contributed by atoms with Crippen molar-refractivity contribution in [2.75, 3.05) is 20.2 Å². The zero-order valence-corrected chi connectivity index (χ0v) is 10.9. The summed E-state index contributed by atoms with van der Waals surface area (Å²) in [6, 6.07) is 9.39. The second-order valence-corrected chi connectivity index (χ2v) is 4.75. The summed E-state index contributed by atoms with van der Waals surface area (Å²) in [4.78, 5) is 18.6. The number of benzene rings is 1. The summed E-state index contributed by atoms with van der Waals surface area (Å²) in [7, 11) is 1.64. The van der Waals surface area contributed by atoms with Gasteiger partial charge in [0.05, 0.1) is 12.6 Å². The van der Waals surface area contributed by atoms with Gasteiger partial charge in [-0.1, -0.05) is 6.07 Å². The maximum atomic E-state index is 12.3. The Morgan fingerprint density at radius 1 is 1.21 bits per heavy atom. The average Bonchev–Trinajstić information content (AvgIpc) is 2.99. The van der Waals surface area contributed by atoms with E-state index in [1.165, 1.54) is 0 Å². The van der Waals surface area contributed by atoms with Gasteiger partial charge in [0.1, 0.15) is 11.4 Å². The molecule has 0 aliphatic carbocycles. The van der Waals surface area contributed by atoms with E-state index in [4.69, 9.17) is 4.74 Å². The number of methoxy groups -OCH3 is 1. The van der Waals surface area contributed by atoms with Crippen LogP contribution in [0.15, 0.2) is 30.3 Å². The van der Waals surface area contributed by atoms with Crippen LogP contribution in [0.5, 0.6) is 5.75 Å². The molecule has 1 aliphatic heterocycles. The Labute approximate surface area is 112 Å². The normalized spacial score (nSPS) is 14.9. The summed E-state index contributed by atoms with van der Waals surface area (Å²) >= 11 is 0. The van der Waals surface area contributed by atoms with Crippen molar-refractivity contribution in [3.8, 4) is 5.75 Å². The summed E-state index contributed by atoms with van der Waals surface area (Å²) < 4.78 is 5.18. The summed E-state index contributed by atoms with van der Waals surface area (Å²) in [5, 5.41) is 0.984. The van der Waals surface area contributed by atoms with Crippen LogP contribution in [0, 0.1) is 0 Å². The molecule has 98 valence electrons. The van der Waals surface area contributed by atoms with Gasteiger partial charge >= 0.3 is 0 Å². The second-order valence-electron chi connectivity index (χ2n) is 4.75. The fraction of sp³-hybridized carbons (Fsp3) is 0.333. The number of amides is 1. The molecule has 4 nitrogen and oxygen atoms in total. The van der Waals surface area contributed by atoms with Crippen molar-refractivity contribution < 1.29 is 9.53 Å². The molecule has 3 rings (SSSR count). The number of carbonyl (C=O) groups is 1. The second kappa shape index (κ2) is 4.88. The van der Waals surface area contributed by atoms with E-state index in [9.17, 15) is 4.79 Å². The third kappa shape index (κ3) is 2.26. The monoisotopic (exact) mass is 256 g/mol. The standard InChI is InChI=1S/C15H16N2O2/c1-19-12-5-7-13-11(10-12)4-6-14(16-13)15(18)17-8-2-3-9-17/h4-7,10H,2-3,8-9H2,1H3. The molecule has 1 fully saturated rings. The van der Waals surface area contributed by atoms with Gasteiger partial charge in [0.25, 0.3) is 5.91 Å². The lowest BCUT2D eigenvalue weighted by atomic mass is 10.2. The predicted octanol–water partition coefficient (Wildman–Crippen LogP) is 2.48. The molecule has 1 aromatic carbocycles. The topological polar surface area (TPSA) is 42.4 Å². The number of ether oxygens (including phenoxy) is 1. The molecule has 0 atom stereocenters. The summed E-state index contributed by atoms with van der Waals surface area (Å²) in [6.45, 7) is 1.70. The van der Waals surface area contributed by atoms with Crippen LogP contribution in [-0.4, -0.2) is 36.0 Å². The molecule has 1 saturated heterocycles. The molecule has 0 N–H and O–H groups in total. The number of carbonyl (C=O) groups excluding carboxylic acids is 1. The first-order chi connectivity index (χ1) is 9.28. The molecule has 4 heteroatoms. The largest absolute Gasteiger partial charge is 0.497 e. The number of likely N-dealkylation sites (tertiary alicyclic amines) is 1. The van der Waals surface area contributed by atoms with Crippen LogP contribution >= 0.6 is 0 Å². The van der Waals surface area contributed by atoms with Gasteiger partial charge in [-0.2, -0.15) is 0 Å². The maximum Gasteiger partial charge on any atom is 0.272 e. The number of hydrogen-bond acceptors (Lipinski definition) is 3. The smallest absolute Gasteiger partial charge is 0.272 e. The molecule has 0 radical (unpaired) electrons. The highest BCUT2D eigenvalue weighted by atomic mass is 16.5. The fourth-order valence-corrected chi connectivity index (χ4v) is 2.43. The molecule has 0 bridgehead atoms.